The molecule has 1 heterocycles. The summed E-state index contributed by atoms with van der Waals surface area (Å²) in [5, 5.41) is 0. The van der Waals surface area contributed by atoms with Gasteiger partial charge in [0.05, 0.1) is 19.3 Å². The van der Waals surface area contributed by atoms with E-state index < -0.39 is 0 Å². The molecule has 0 aromatic heterocycles. The summed E-state index contributed by atoms with van der Waals surface area (Å²) < 4.78 is 5.21. The van der Waals surface area contributed by atoms with Gasteiger partial charge in [-0.2, -0.15) is 0 Å². The molecule has 0 N–H and O–H groups in total. The number of ether oxygens (including phenoxy) is 1. The van der Waals surface area contributed by atoms with Crippen molar-refractivity contribution < 1.29 is 9.53 Å². The van der Waals surface area contributed by atoms with Crippen molar-refractivity contribution in [2.24, 2.45) is 0 Å². The van der Waals surface area contributed by atoms with Gasteiger partial charge in [0.25, 0.3) is 0 Å². The van der Waals surface area contributed by atoms with E-state index in [1.165, 1.54) is 0 Å². The summed E-state index contributed by atoms with van der Waals surface area (Å²) in [5.74, 6) is 0.214. The number of carbonyl (C=O) groups excluding carboxylic acids is 1. The molecule has 1 aliphatic rings. The SMILES string of the molecule is CCN1CCOCC1C(C)=O. The molecule has 0 aliphatic carbocycles. The second kappa shape index (κ2) is 3.83. The third kappa shape index (κ3) is 2.01. The van der Waals surface area contributed by atoms with Crippen molar-refractivity contribution in [2.45, 2.75) is 19.9 Å². The van der Waals surface area contributed by atoms with Gasteiger partial charge >= 0.3 is 0 Å². The summed E-state index contributed by atoms with van der Waals surface area (Å²) >= 11 is 0. The van der Waals surface area contributed by atoms with Crippen LogP contribution >= 0.6 is 0 Å². The monoisotopic (exact) mass is 157 g/mol. The number of hydrogen-bond acceptors (Lipinski definition) is 3. The van der Waals surface area contributed by atoms with Gasteiger partial charge in [-0.1, -0.05) is 6.92 Å². The molecule has 0 saturated carbocycles. The fourth-order valence-electron chi connectivity index (χ4n) is 1.39. The number of ketones is 1. The summed E-state index contributed by atoms with van der Waals surface area (Å²) in [4.78, 5) is 13.2. The van der Waals surface area contributed by atoms with Crippen molar-refractivity contribution in [2.75, 3.05) is 26.3 Å². The number of rotatable bonds is 2. The predicted octanol–water partition coefficient (Wildman–Crippen LogP) is 0.296. The van der Waals surface area contributed by atoms with Gasteiger partial charge in [0.1, 0.15) is 5.78 Å². The molecule has 0 amide bonds. The Hall–Kier alpha value is -0.410. The molecule has 1 aliphatic heterocycles. The number of carbonyl (C=O) groups is 1. The number of morpholine rings is 1. The van der Waals surface area contributed by atoms with Gasteiger partial charge in [-0.25, -0.2) is 0 Å². The van der Waals surface area contributed by atoms with Crippen molar-refractivity contribution in [1.82, 2.24) is 4.90 Å². The van der Waals surface area contributed by atoms with Gasteiger partial charge in [-0.05, 0) is 13.5 Å². The molecule has 1 atom stereocenters. The van der Waals surface area contributed by atoms with Gasteiger partial charge in [-0.15, -0.1) is 0 Å². The van der Waals surface area contributed by atoms with E-state index in [0.717, 1.165) is 19.7 Å². The summed E-state index contributed by atoms with van der Waals surface area (Å²) in [6.07, 6.45) is 0. The first-order valence-electron chi connectivity index (χ1n) is 4.08. The van der Waals surface area contributed by atoms with E-state index in [0.29, 0.717) is 6.61 Å². The third-order valence-electron chi connectivity index (χ3n) is 2.11. The van der Waals surface area contributed by atoms with Crippen LogP contribution in [0.4, 0.5) is 0 Å². The van der Waals surface area contributed by atoms with Crippen molar-refractivity contribution in [3.8, 4) is 0 Å². The Kier molecular flexibility index (Phi) is 3.02. The van der Waals surface area contributed by atoms with Crippen molar-refractivity contribution >= 4 is 5.78 Å². The Morgan fingerprint density at radius 2 is 2.45 bits per heavy atom. The quantitative estimate of drug-likeness (QED) is 0.577. The molecule has 11 heavy (non-hydrogen) atoms. The van der Waals surface area contributed by atoms with Gasteiger partial charge in [0.15, 0.2) is 0 Å². The Bertz CT molecular complexity index is 147. The highest BCUT2D eigenvalue weighted by atomic mass is 16.5. The van der Waals surface area contributed by atoms with Crippen LogP contribution in [0.2, 0.25) is 0 Å². The molecule has 1 saturated heterocycles. The van der Waals surface area contributed by atoms with Crippen LogP contribution in [0.25, 0.3) is 0 Å². The van der Waals surface area contributed by atoms with E-state index in [9.17, 15) is 4.79 Å². The van der Waals surface area contributed by atoms with E-state index in [-0.39, 0.29) is 11.8 Å². The Labute approximate surface area is 67.3 Å². The second-order valence-electron chi connectivity index (χ2n) is 2.83. The Morgan fingerprint density at radius 3 is 2.91 bits per heavy atom. The zero-order valence-corrected chi connectivity index (χ0v) is 7.17. The summed E-state index contributed by atoms with van der Waals surface area (Å²) in [5.41, 5.74) is 0. The maximum atomic E-state index is 11.0. The summed E-state index contributed by atoms with van der Waals surface area (Å²) in [6, 6.07) is 0.00810. The average molecular weight is 157 g/mol. The zero-order valence-electron chi connectivity index (χ0n) is 7.17. The lowest BCUT2D eigenvalue weighted by Crippen LogP contribution is -2.48. The number of nitrogens with zero attached hydrogens (tertiary/aromatic N) is 1. The van der Waals surface area contributed by atoms with Crippen LogP contribution in [0, 0.1) is 0 Å². The van der Waals surface area contributed by atoms with Crippen molar-refractivity contribution in [3.63, 3.8) is 0 Å². The highest BCUT2D eigenvalue weighted by Gasteiger charge is 2.24. The molecule has 3 heteroatoms. The van der Waals surface area contributed by atoms with Crippen LogP contribution in [-0.2, 0) is 9.53 Å². The fraction of sp³-hybridized carbons (Fsp3) is 0.875. The molecule has 64 valence electrons. The highest BCUT2D eigenvalue weighted by molar-refractivity contribution is 5.81. The van der Waals surface area contributed by atoms with Gasteiger partial charge < -0.3 is 4.74 Å². The topological polar surface area (TPSA) is 29.5 Å². The second-order valence-corrected chi connectivity index (χ2v) is 2.83. The van der Waals surface area contributed by atoms with E-state index in [1.807, 2.05) is 0 Å². The van der Waals surface area contributed by atoms with Crippen LogP contribution in [0.5, 0.6) is 0 Å². The van der Waals surface area contributed by atoms with Crippen LogP contribution < -0.4 is 0 Å². The third-order valence-corrected chi connectivity index (χ3v) is 2.11. The molecule has 1 rings (SSSR count). The van der Waals surface area contributed by atoms with Crippen molar-refractivity contribution in [3.05, 3.63) is 0 Å². The molecule has 1 unspecified atom stereocenters. The minimum Gasteiger partial charge on any atom is -0.378 e. The molecular weight excluding hydrogens is 142 g/mol. The first-order chi connectivity index (χ1) is 5.25. The maximum Gasteiger partial charge on any atom is 0.149 e. The van der Waals surface area contributed by atoms with Crippen LogP contribution in [-0.4, -0.2) is 43.0 Å². The molecule has 0 aromatic carbocycles. The lowest BCUT2D eigenvalue weighted by molar-refractivity contribution is -0.127. The summed E-state index contributed by atoms with van der Waals surface area (Å²) in [6.45, 7) is 6.86. The molecule has 0 aromatic rings. The van der Waals surface area contributed by atoms with Gasteiger partial charge in [0, 0.05) is 6.54 Å². The van der Waals surface area contributed by atoms with E-state index in [4.69, 9.17) is 4.74 Å². The van der Waals surface area contributed by atoms with Crippen LogP contribution in [0.1, 0.15) is 13.8 Å². The Balaban J connectivity index is 2.51. The summed E-state index contributed by atoms with van der Waals surface area (Å²) in [7, 11) is 0. The standard InChI is InChI=1S/C8H15NO2/c1-3-9-4-5-11-6-8(9)7(2)10/h8H,3-6H2,1-2H3. The van der Waals surface area contributed by atoms with Gasteiger partial charge in [0.2, 0.25) is 0 Å². The molecule has 0 spiro atoms. The predicted molar refractivity (Wildman–Crippen MR) is 42.5 cm³/mol. The number of Topliss-reactive ketones (excluding diaryl/α,β-unsaturated/α-hetero) is 1. The van der Waals surface area contributed by atoms with Crippen molar-refractivity contribution in [1.29, 1.82) is 0 Å². The normalized spacial score (nSPS) is 26.9. The van der Waals surface area contributed by atoms with E-state index >= 15 is 0 Å². The number of hydrogen-bond donors (Lipinski definition) is 0. The smallest absolute Gasteiger partial charge is 0.149 e. The average Bonchev–Trinajstić information content (AvgIpc) is 2.04. The molecule has 0 bridgehead atoms. The minimum absolute atomic E-state index is 0.00810. The first kappa shape index (κ1) is 8.68. The highest BCUT2D eigenvalue weighted by Crippen LogP contribution is 2.06. The first-order valence-corrected chi connectivity index (χ1v) is 4.08. The zero-order chi connectivity index (χ0) is 8.27. The lowest BCUT2D eigenvalue weighted by atomic mass is 10.1. The van der Waals surface area contributed by atoms with E-state index in [2.05, 4.69) is 11.8 Å². The number of likely N-dealkylation sites (N-methyl/N-ethyl adjacent to an activating group) is 1. The van der Waals surface area contributed by atoms with Crippen LogP contribution in [0.15, 0.2) is 0 Å². The Morgan fingerprint density at radius 1 is 1.73 bits per heavy atom. The van der Waals surface area contributed by atoms with Gasteiger partial charge in [-0.3, -0.25) is 9.69 Å². The van der Waals surface area contributed by atoms with Crippen LogP contribution in [0.3, 0.4) is 0 Å². The molecule has 1 fully saturated rings. The lowest BCUT2D eigenvalue weighted by Gasteiger charge is -2.32. The largest absolute Gasteiger partial charge is 0.378 e. The molecule has 3 nitrogen and oxygen atoms in total. The van der Waals surface area contributed by atoms with E-state index in [1.54, 1.807) is 6.92 Å². The molecule has 0 radical (unpaired) electrons. The minimum atomic E-state index is 0.00810. The molecular formula is C8H15NO2. The maximum absolute atomic E-state index is 11.0. The fourth-order valence-corrected chi connectivity index (χ4v) is 1.39.